The van der Waals surface area contributed by atoms with E-state index in [-0.39, 0.29) is 12.2 Å². The van der Waals surface area contributed by atoms with Crippen molar-refractivity contribution in [2.45, 2.75) is 26.5 Å². The Labute approximate surface area is 154 Å². The molecule has 0 bridgehead atoms. The van der Waals surface area contributed by atoms with Gasteiger partial charge in [-0.1, -0.05) is 0 Å². The third-order valence-corrected chi connectivity index (χ3v) is 3.94. The van der Waals surface area contributed by atoms with Crippen molar-refractivity contribution in [3.8, 4) is 5.75 Å². The van der Waals surface area contributed by atoms with E-state index in [2.05, 4.69) is 10.3 Å². The molecule has 2 aromatic heterocycles. The Hall–Kier alpha value is -3.33. The molecule has 0 aliphatic carbocycles. The fourth-order valence-electron chi connectivity index (χ4n) is 2.63. The van der Waals surface area contributed by atoms with Gasteiger partial charge >= 0.3 is 0 Å². The molecule has 9 nitrogen and oxygen atoms in total. The highest BCUT2D eigenvalue weighted by Gasteiger charge is 2.23. The summed E-state index contributed by atoms with van der Waals surface area (Å²) in [6.45, 7) is 2.95. The van der Waals surface area contributed by atoms with E-state index in [1.807, 2.05) is 0 Å². The highest BCUT2D eigenvalue weighted by Crippen LogP contribution is 2.29. The summed E-state index contributed by atoms with van der Waals surface area (Å²) in [5.41, 5.74) is 5.88. The van der Waals surface area contributed by atoms with Crippen LogP contribution in [0.4, 0.5) is 0 Å². The van der Waals surface area contributed by atoms with Gasteiger partial charge in [0.05, 0.1) is 18.4 Å². The molecule has 3 aromatic rings. The van der Waals surface area contributed by atoms with E-state index < -0.39 is 24.5 Å². The number of carbonyl (C=O) groups excluding carboxylic acids is 2. The smallest absolute Gasteiger partial charge is 0.256 e. The third-order valence-electron chi connectivity index (χ3n) is 3.94. The average molecular weight is 373 g/mol. The Morgan fingerprint density at radius 1 is 1.33 bits per heavy atom. The number of oxazole rings is 1. The summed E-state index contributed by atoms with van der Waals surface area (Å²) in [6.07, 6.45) is 1.58. The predicted molar refractivity (Wildman–Crippen MR) is 94.1 cm³/mol. The summed E-state index contributed by atoms with van der Waals surface area (Å²) in [5, 5.41) is 12.1. The zero-order valence-electron chi connectivity index (χ0n) is 14.8. The van der Waals surface area contributed by atoms with Crippen LogP contribution in [0.1, 0.15) is 27.8 Å². The van der Waals surface area contributed by atoms with Crippen LogP contribution in [0.2, 0.25) is 0 Å². The lowest BCUT2D eigenvalue weighted by Crippen LogP contribution is -2.46. The number of aromatic nitrogens is 1. The molecule has 27 heavy (non-hydrogen) atoms. The van der Waals surface area contributed by atoms with Gasteiger partial charge in [0, 0.05) is 12.3 Å². The quantitative estimate of drug-likeness (QED) is 0.565. The number of ether oxygens (including phenoxy) is 1. The summed E-state index contributed by atoms with van der Waals surface area (Å²) in [7, 11) is 0. The third kappa shape index (κ3) is 3.93. The monoisotopic (exact) mass is 373 g/mol. The van der Waals surface area contributed by atoms with E-state index in [1.165, 1.54) is 0 Å². The van der Waals surface area contributed by atoms with Gasteiger partial charge in [-0.25, -0.2) is 4.98 Å². The number of nitrogens with zero attached hydrogens (tertiary/aromatic N) is 1. The number of nitrogens with one attached hydrogen (secondary N) is 1. The van der Waals surface area contributed by atoms with Crippen molar-refractivity contribution in [1.29, 1.82) is 0 Å². The van der Waals surface area contributed by atoms with Gasteiger partial charge in [-0.15, -0.1) is 0 Å². The number of aliphatic hydroxyl groups excluding tert-OH is 1. The Morgan fingerprint density at radius 2 is 2.11 bits per heavy atom. The van der Waals surface area contributed by atoms with Gasteiger partial charge in [0.25, 0.3) is 5.91 Å². The molecule has 0 radical (unpaired) electrons. The summed E-state index contributed by atoms with van der Waals surface area (Å²) in [6, 6.07) is 3.85. The number of fused-ring (bicyclic) bond motifs is 1. The van der Waals surface area contributed by atoms with Crippen LogP contribution in [-0.2, 0) is 11.4 Å². The number of furan rings is 1. The van der Waals surface area contributed by atoms with E-state index >= 15 is 0 Å². The Bertz CT molecular complexity index is 990. The molecule has 0 saturated heterocycles. The topological polar surface area (TPSA) is 141 Å². The Morgan fingerprint density at radius 3 is 2.74 bits per heavy atom. The summed E-state index contributed by atoms with van der Waals surface area (Å²) < 4.78 is 16.6. The average Bonchev–Trinajstić information content (AvgIpc) is 3.19. The highest BCUT2D eigenvalue weighted by atomic mass is 16.5. The predicted octanol–water partition coefficient (Wildman–Crippen LogP) is 1.19. The van der Waals surface area contributed by atoms with E-state index in [1.54, 1.807) is 38.2 Å². The molecule has 3 rings (SSSR count). The van der Waals surface area contributed by atoms with Crippen LogP contribution < -0.4 is 15.8 Å². The van der Waals surface area contributed by atoms with E-state index in [4.69, 9.17) is 19.3 Å². The molecule has 2 amide bonds. The number of aliphatic hydroxyl groups is 1. The first-order chi connectivity index (χ1) is 12.9. The molecule has 1 aromatic carbocycles. The van der Waals surface area contributed by atoms with Gasteiger partial charge in [-0.05, 0) is 25.1 Å². The van der Waals surface area contributed by atoms with E-state index in [0.717, 1.165) is 0 Å². The van der Waals surface area contributed by atoms with Crippen molar-refractivity contribution in [2.24, 2.45) is 5.73 Å². The van der Waals surface area contributed by atoms with Crippen molar-refractivity contribution in [3.05, 3.63) is 47.4 Å². The minimum Gasteiger partial charge on any atom is -0.486 e. The molecule has 142 valence electrons. The Kier molecular flexibility index (Phi) is 5.13. The number of nitrogens with two attached hydrogens (primary N) is 1. The highest BCUT2D eigenvalue weighted by molar-refractivity contribution is 6.08. The van der Waals surface area contributed by atoms with Crippen LogP contribution in [-0.4, -0.2) is 34.6 Å². The maximum atomic E-state index is 12.6. The van der Waals surface area contributed by atoms with Crippen molar-refractivity contribution >= 4 is 22.8 Å². The molecule has 1 atom stereocenters. The molecule has 1 unspecified atom stereocenters. The van der Waals surface area contributed by atoms with E-state index in [0.29, 0.717) is 34.1 Å². The Balaban J connectivity index is 1.85. The van der Waals surface area contributed by atoms with Crippen LogP contribution >= 0.6 is 0 Å². The lowest BCUT2D eigenvalue weighted by atomic mass is 10.1. The van der Waals surface area contributed by atoms with E-state index in [9.17, 15) is 14.7 Å². The zero-order valence-corrected chi connectivity index (χ0v) is 14.8. The van der Waals surface area contributed by atoms with Gasteiger partial charge in [0.1, 0.15) is 29.7 Å². The normalized spacial score (nSPS) is 12.1. The summed E-state index contributed by atoms with van der Waals surface area (Å²) in [5.74, 6) is 0.573. The number of aryl methyl sites for hydroxylation is 2. The summed E-state index contributed by atoms with van der Waals surface area (Å²) >= 11 is 0. The van der Waals surface area contributed by atoms with Crippen molar-refractivity contribution in [3.63, 3.8) is 0 Å². The standard InChI is InChI=1S/C18H19N3O6/c1-9-16(18(24)21-14(7-22)17(19)23)13-5-11(3-4-15(13)26-9)25-8-12-6-20-10(2)27-12/h3-6,14,22H,7-8H2,1-2H3,(H2,19,23)(H,21,24). The number of carbonyl (C=O) groups is 2. The minimum atomic E-state index is -1.18. The molecule has 0 saturated carbocycles. The number of hydrogen-bond acceptors (Lipinski definition) is 7. The molecule has 4 N–H and O–H groups in total. The lowest BCUT2D eigenvalue weighted by Gasteiger charge is -2.12. The largest absolute Gasteiger partial charge is 0.486 e. The number of primary amides is 1. The van der Waals surface area contributed by atoms with Crippen molar-refractivity contribution in [1.82, 2.24) is 10.3 Å². The van der Waals surface area contributed by atoms with Crippen LogP contribution in [0.25, 0.3) is 11.0 Å². The van der Waals surface area contributed by atoms with Crippen LogP contribution in [0, 0.1) is 13.8 Å². The number of rotatable bonds is 7. The van der Waals surface area contributed by atoms with Crippen LogP contribution in [0.5, 0.6) is 5.75 Å². The van der Waals surface area contributed by atoms with Crippen molar-refractivity contribution in [2.75, 3.05) is 6.61 Å². The molecule has 0 aliphatic rings. The van der Waals surface area contributed by atoms with Gasteiger partial charge in [-0.2, -0.15) is 0 Å². The fourth-order valence-corrected chi connectivity index (χ4v) is 2.63. The second-order valence-electron chi connectivity index (χ2n) is 5.94. The van der Waals surface area contributed by atoms with Gasteiger partial charge < -0.3 is 29.7 Å². The molecule has 0 fully saturated rings. The zero-order chi connectivity index (χ0) is 19.6. The van der Waals surface area contributed by atoms with Gasteiger partial charge in [-0.3, -0.25) is 9.59 Å². The first-order valence-corrected chi connectivity index (χ1v) is 8.17. The first-order valence-electron chi connectivity index (χ1n) is 8.17. The maximum absolute atomic E-state index is 12.6. The molecule has 0 aliphatic heterocycles. The number of amides is 2. The van der Waals surface area contributed by atoms with Gasteiger partial charge in [0.2, 0.25) is 5.91 Å². The van der Waals surface area contributed by atoms with Crippen molar-refractivity contribution < 1.29 is 28.3 Å². The molecule has 9 heteroatoms. The summed E-state index contributed by atoms with van der Waals surface area (Å²) in [4.78, 5) is 27.8. The molecule has 0 spiro atoms. The number of hydrogen-bond donors (Lipinski definition) is 3. The second-order valence-corrected chi connectivity index (χ2v) is 5.94. The lowest BCUT2D eigenvalue weighted by molar-refractivity contribution is -0.120. The minimum absolute atomic E-state index is 0.180. The molecular weight excluding hydrogens is 354 g/mol. The van der Waals surface area contributed by atoms with Gasteiger partial charge in [0.15, 0.2) is 11.7 Å². The molecular formula is C18H19N3O6. The first kappa shape index (κ1) is 18.5. The fraction of sp³-hybridized carbons (Fsp3) is 0.278. The second kappa shape index (κ2) is 7.50. The maximum Gasteiger partial charge on any atom is 0.256 e. The van der Waals surface area contributed by atoms with Crippen LogP contribution in [0.15, 0.2) is 33.2 Å². The van der Waals surface area contributed by atoms with Crippen LogP contribution in [0.3, 0.4) is 0 Å². The molecule has 2 heterocycles. The SMILES string of the molecule is Cc1ncc(COc2ccc3oc(C)c(C(=O)NC(CO)C(N)=O)c3c2)o1. The number of benzene rings is 1.